The molecule has 0 saturated heterocycles. The van der Waals surface area contributed by atoms with Crippen LogP contribution in [0.5, 0.6) is 0 Å². The van der Waals surface area contributed by atoms with E-state index >= 15 is 0 Å². The molecule has 0 aliphatic rings. The van der Waals surface area contributed by atoms with Gasteiger partial charge in [-0.05, 0) is 44.6 Å². The minimum absolute atomic E-state index is 0.277. The molecular weight excluding hydrogens is 302 g/mol. The second kappa shape index (κ2) is 17.6. The summed E-state index contributed by atoms with van der Waals surface area (Å²) in [6, 6.07) is 0. The maximum atomic E-state index is 11.0. The highest BCUT2D eigenvalue weighted by Gasteiger charge is 2.06. The minimum Gasteiger partial charge on any atom is -0.291 e. The lowest BCUT2D eigenvalue weighted by atomic mass is 10.1. The number of nitro groups is 1. The quantitative estimate of drug-likeness (QED) is 0.149. The smallest absolute Gasteiger partial charge is 0.246 e. The van der Waals surface area contributed by atoms with Gasteiger partial charge >= 0.3 is 0 Å². The largest absolute Gasteiger partial charge is 0.291 e. The lowest BCUT2D eigenvalue weighted by molar-refractivity contribution is -0.427. The van der Waals surface area contributed by atoms with E-state index in [0.29, 0.717) is 12.8 Å². The van der Waals surface area contributed by atoms with Crippen LogP contribution in [0.4, 0.5) is 0 Å². The molecule has 0 heterocycles. The molecule has 0 aromatic carbocycles. The Bertz CT molecular complexity index is 411. The summed E-state index contributed by atoms with van der Waals surface area (Å²) in [6.07, 6.45) is 22.9. The van der Waals surface area contributed by atoms with Crippen LogP contribution >= 0.6 is 0 Å². The van der Waals surface area contributed by atoms with Crippen molar-refractivity contribution in [2.45, 2.75) is 84.0 Å². The van der Waals surface area contributed by atoms with E-state index < -0.39 is 0 Å². The molecule has 0 bridgehead atoms. The highest BCUT2D eigenvalue weighted by molar-refractivity contribution is 5.50. The van der Waals surface area contributed by atoms with E-state index in [-0.39, 0.29) is 10.6 Å². The van der Waals surface area contributed by atoms with Crippen LogP contribution in [0.3, 0.4) is 0 Å². The predicted octanol–water partition coefficient (Wildman–Crippen LogP) is 6.07. The van der Waals surface area contributed by atoms with Crippen molar-refractivity contribution in [1.82, 2.24) is 0 Å². The topological polar surface area (TPSA) is 60.2 Å². The predicted molar refractivity (Wildman–Crippen MR) is 100 cm³/mol. The van der Waals surface area contributed by atoms with Crippen LogP contribution in [0.1, 0.15) is 84.0 Å². The Morgan fingerprint density at radius 2 is 1.67 bits per heavy atom. The Hall–Kier alpha value is -1.71. The van der Waals surface area contributed by atoms with E-state index in [4.69, 9.17) is 0 Å². The molecule has 0 fully saturated rings. The number of hydrogen-bond acceptors (Lipinski definition) is 3. The first-order valence-electron chi connectivity index (χ1n) is 9.20. The van der Waals surface area contributed by atoms with Crippen LogP contribution < -0.4 is 0 Å². The second-order valence-electron chi connectivity index (χ2n) is 5.93. The first kappa shape index (κ1) is 22.3. The number of unbranched alkanes of at least 4 members (excludes halogenated alkanes) is 8. The lowest BCUT2D eigenvalue weighted by Gasteiger charge is -1.97. The fourth-order valence-corrected chi connectivity index (χ4v) is 2.30. The van der Waals surface area contributed by atoms with Gasteiger partial charge in [-0.15, -0.1) is 0 Å². The Kier molecular flexibility index (Phi) is 16.4. The average molecular weight is 334 g/mol. The zero-order chi connectivity index (χ0) is 17.9. The van der Waals surface area contributed by atoms with Gasteiger partial charge in [0.15, 0.2) is 6.29 Å². The van der Waals surface area contributed by atoms with Crippen molar-refractivity contribution in [3.05, 3.63) is 46.2 Å². The second-order valence-corrected chi connectivity index (χ2v) is 5.93. The van der Waals surface area contributed by atoms with Gasteiger partial charge in [0.05, 0.1) is 11.3 Å². The molecule has 4 heteroatoms. The van der Waals surface area contributed by atoms with Gasteiger partial charge in [0.2, 0.25) is 5.70 Å². The maximum absolute atomic E-state index is 11.0. The van der Waals surface area contributed by atoms with Gasteiger partial charge in [-0.3, -0.25) is 14.9 Å². The van der Waals surface area contributed by atoms with Gasteiger partial charge in [-0.25, -0.2) is 0 Å². The Morgan fingerprint density at radius 3 is 2.38 bits per heavy atom. The van der Waals surface area contributed by atoms with Gasteiger partial charge in [0, 0.05) is 6.42 Å². The van der Waals surface area contributed by atoms with Crippen molar-refractivity contribution in [2.75, 3.05) is 0 Å². The zero-order valence-corrected chi connectivity index (χ0v) is 15.0. The van der Waals surface area contributed by atoms with E-state index in [0.717, 1.165) is 44.9 Å². The molecule has 0 unspecified atom stereocenters. The number of allylic oxidation sites excluding steroid dienone is 5. The fourth-order valence-electron chi connectivity index (χ4n) is 2.30. The van der Waals surface area contributed by atoms with E-state index in [9.17, 15) is 14.9 Å². The highest BCUT2D eigenvalue weighted by Crippen LogP contribution is 2.10. The maximum Gasteiger partial charge on any atom is 0.246 e. The van der Waals surface area contributed by atoms with Gasteiger partial charge in [-0.2, -0.15) is 0 Å². The number of rotatable bonds is 16. The molecule has 0 N–H and O–H groups in total. The van der Waals surface area contributed by atoms with E-state index in [1.807, 2.05) is 18.4 Å². The molecule has 0 aromatic heterocycles. The lowest BCUT2D eigenvalue weighted by Crippen LogP contribution is -1.97. The standard InChI is InChI=1S/C20H32NO3/c1-2-3-4-5-6-7-8-11-14-17-20(21(23)24)18-15-12-9-10-13-16-19-22/h6-7,11,14,18H,2-5,8-10,12-13,15-17H2,1H3/b7-6-,14-11-,20-18+. The molecule has 0 spiro atoms. The van der Waals surface area contributed by atoms with E-state index in [1.165, 1.54) is 19.3 Å². The van der Waals surface area contributed by atoms with E-state index in [2.05, 4.69) is 19.1 Å². The summed E-state index contributed by atoms with van der Waals surface area (Å²) in [6.45, 7) is 2.19. The van der Waals surface area contributed by atoms with Crippen LogP contribution in [0.15, 0.2) is 36.1 Å². The van der Waals surface area contributed by atoms with Crippen molar-refractivity contribution in [3.63, 3.8) is 0 Å². The van der Waals surface area contributed by atoms with Gasteiger partial charge < -0.3 is 0 Å². The summed E-state index contributed by atoms with van der Waals surface area (Å²) in [5, 5.41) is 11.0. The minimum atomic E-state index is -0.285. The first-order chi connectivity index (χ1) is 11.7. The normalized spacial score (nSPS) is 12.3. The molecule has 0 aliphatic carbocycles. The van der Waals surface area contributed by atoms with Crippen molar-refractivity contribution in [1.29, 1.82) is 0 Å². The van der Waals surface area contributed by atoms with Crippen LogP contribution in [-0.4, -0.2) is 11.2 Å². The van der Waals surface area contributed by atoms with Crippen LogP contribution in [0.2, 0.25) is 0 Å². The summed E-state index contributed by atoms with van der Waals surface area (Å²) in [5.41, 5.74) is 0.277. The molecule has 135 valence electrons. The van der Waals surface area contributed by atoms with Crippen molar-refractivity contribution in [3.8, 4) is 0 Å². The first-order valence-corrected chi connectivity index (χ1v) is 9.20. The number of nitrogens with zero attached hydrogens (tertiary/aromatic N) is 1. The Morgan fingerprint density at radius 1 is 0.958 bits per heavy atom. The summed E-state index contributed by atoms with van der Waals surface area (Å²) in [7, 11) is 0. The molecule has 24 heavy (non-hydrogen) atoms. The zero-order valence-electron chi connectivity index (χ0n) is 15.0. The Labute approximate surface area is 146 Å². The van der Waals surface area contributed by atoms with Crippen molar-refractivity contribution in [2.24, 2.45) is 0 Å². The summed E-state index contributed by atoms with van der Waals surface area (Å²) >= 11 is 0. The van der Waals surface area contributed by atoms with Gasteiger partial charge in [0.25, 0.3) is 0 Å². The summed E-state index contributed by atoms with van der Waals surface area (Å²) < 4.78 is 0. The third-order valence-electron chi connectivity index (χ3n) is 3.75. The molecule has 0 amide bonds. The van der Waals surface area contributed by atoms with E-state index in [1.54, 1.807) is 6.08 Å². The Balaban J connectivity index is 3.89. The van der Waals surface area contributed by atoms with Gasteiger partial charge in [-0.1, -0.05) is 56.9 Å². The fraction of sp³-hybridized carbons (Fsp3) is 0.650. The third kappa shape index (κ3) is 15.2. The molecular formula is C20H32NO3. The molecule has 0 saturated carbocycles. The average Bonchev–Trinajstić information content (AvgIpc) is 2.57. The molecule has 0 rings (SSSR count). The summed E-state index contributed by atoms with van der Waals surface area (Å²) in [5.74, 6) is 0. The number of hydrogen-bond donors (Lipinski definition) is 0. The van der Waals surface area contributed by atoms with Crippen LogP contribution in [-0.2, 0) is 4.79 Å². The van der Waals surface area contributed by atoms with Crippen LogP contribution in [0.25, 0.3) is 0 Å². The van der Waals surface area contributed by atoms with Crippen molar-refractivity contribution < 1.29 is 9.72 Å². The van der Waals surface area contributed by atoms with Crippen LogP contribution in [0, 0.1) is 10.1 Å². The van der Waals surface area contributed by atoms with Gasteiger partial charge in [0.1, 0.15) is 0 Å². The summed E-state index contributed by atoms with van der Waals surface area (Å²) in [4.78, 5) is 20.8. The third-order valence-corrected chi connectivity index (χ3v) is 3.75. The monoisotopic (exact) mass is 334 g/mol. The SMILES string of the molecule is CCCCC/C=C\C/C=C\C/C(=C\CCCCCC[C]=O)[N+](=O)[O-]. The molecule has 0 atom stereocenters. The molecule has 0 aliphatic heterocycles. The molecule has 0 aromatic rings. The highest BCUT2D eigenvalue weighted by atomic mass is 16.6. The number of carbonyl (C=O) groups excluding carboxylic acids is 1. The van der Waals surface area contributed by atoms with Crippen molar-refractivity contribution >= 4 is 6.29 Å². The molecule has 1 radical (unpaired) electrons. The molecule has 4 nitrogen and oxygen atoms in total.